The number of hydrogen-bond donors (Lipinski definition) is 0. The predicted molar refractivity (Wildman–Crippen MR) is 495 cm³/mol. The molecule has 3 nitrogen and oxygen atoms in total. The second-order valence-electron chi connectivity index (χ2n) is 30.2. The number of furan rings is 3. The molecule has 546 valence electrons. The summed E-state index contributed by atoms with van der Waals surface area (Å²) >= 11 is 0. The molecule has 0 atom stereocenters. The Bertz CT molecular complexity index is 7780. The second kappa shape index (κ2) is 29.0. The Balaban J connectivity index is 0.000000106. The molecule has 0 unspecified atom stereocenters. The Labute approximate surface area is 676 Å². The van der Waals surface area contributed by atoms with Crippen LogP contribution in [0.4, 0.5) is 0 Å². The molecule has 0 saturated carbocycles. The van der Waals surface area contributed by atoms with Crippen molar-refractivity contribution in [1.29, 1.82) is 0 Å². The summed E-state index contributed by atoms with van der Waals surface area (Å²) in [4.78, 5) is 0. The first kappa shape index (κ1) is 68.4. The highest BCUT2D eigenvalue weighted by molar-refractivity contribution is 6.30. The van der Waals surface area contributed by atoms with E-state index in [1.807, 2.05) is 6.07 Å². The zero-order chi connectivity index (χ0) is 77.3. The lowest BCUT2D eigenvalue weighted by Crippen LogP contribution is -1.91. The lowest BCUT2D eigenvalue weighted by atomic mass is 9.84. The molecule has 3 heterocycles. The molecule has 0 bridgehead atoms. The SMILES string of the molecule is c1ccc(-c2c3ccccc3c(-c3cccc4oc5cccc(-c6ccccc6)c5c34)c3ccccc23)cc1.c1ccc(-c2ccc3c(c2)oc2cccc(-c4c5ccccc5c(-c5ccccc5)c5ccccc45)c23)cc1.c1ccc(-c2ccc3oc4cccc(-c5c6ccccc6c(-c6ccccc6)c6ccccc56)c4c3c2)cc1. The molecule has 117 heavy (non-hydrogen) atoms. The summed E-state index contributed by atoms with van der Waals surface area (Å²) in [5, 5.41) is 21.9. The first-order valence-electron chi connectivity index (χ1n) is 40.1. The summed E-state index contributed by atoms with van der Waals surface area (Å²) in [6, 6.07) is 156. The molecule has 0 N–H and O–H groups in total. The Morgan fingerprint density at radius 2 is 0.359 bits per heavy atom. The smallest absolute Gasteiger partial charge is 0.136 e. The van der Waals surface area contributed by atoms with Crippen molar-refractivity contribution >= 4 is 130 Å². The van der Waals surface area contributed by atoms with Crippen LogP contribution in [0.15, 0.2) is 450 Å². The quantitative estimate of drug-likeness (QED) is 0.135. The average molecular weight is 1490 g/mol. The third kappa shape index (κ3) is 11.7. The van der Waals surface area contributed by atoms with Gasteiger partial charge in [0.1, 0.15) is 33.5 Å². The fourth-order valence-electron chi connectivity index (χ4n) is 18.6. The van der Waals surface area contributed by atoms with Crippen molar-refractivity contribution < 1.29 is 13.3 Å². The van der Waals surface area contributed by atoms with Crippen LogP contribution in [0.5, 0.6) is 0 Å². The Morgan fingerprint density at radius 1 is 0.111 bits per heavy atom. The van der Waals surface area contributed by atoms with E-state index in [9.17, 15) is 0 Å². The highest BCUT2D eigenvalue weighted by atomic mass is 16.3. The van der Waals surface area contributed by atoms with E-state index in [2.05, 4.69) is 431 Å². The fraction of sp³-hybridized carbons (Fsp3) is 0. The van der Waals surface area contributed by atoms with Crippen LogP contribution < -0.4 is 0 Å². The van der Waals surface area contributed by atoms with Crippen LogP contribution in [0.3, 0.4) is 0 Å². The predicted octanol–water partition coefficient (Wildman–Crippen LogP) is 32.7. The summed E-state index contributed by atoms with van der Waals surface area (Å²) < 4.78 is 19.4. The monoisotopic (exact) mass is 1490 g/mol. The number of fused-ring (bicyclic) bond motifs is 15. The van der Waals surface area contributed by atoms with Gasteiger partial charge < -0.3 is 13.3 Å². The fourth-order valence-corrected chi connectivity index (χ4v) is 18.6. The van der Waals surface area contributed by atoms with Gasteiger partial charge in [0, 0.05) is 32.3 Å². The van der Waals surface area contributed by atoms with Crippen LogP contribution in [-0.2, 0) is 0 Å². The minimum Gasteiger partial charge on any atom is -0.456 e. The van der Waals surface area contributed by atoms with E-state index < -0.39 is 0 Å². The summed E-state index contributed by atoms with van der Waals surface area (Å²) in [5.41, 5.74) is 27.5. The largest absolute Gasteiger partial charge is 0.456 e. The zero-order valence-corrected chi connectivity index (χ0v) is 63.8. The highest BCUT2D eigenvalue weighted by Gasteiger charge is 2.26. The molecule has 0 fully saturated rings. The third-order valence-corrected chi connectivity index (χ3v) is 23.6. The highest BCUT2D eigenvalue weighted by Crippen LogP contribution is 2.52. The first-order chi connectivity index (χ1) is 58.1. The van der Waals surface area contributed by atoms with Crippen molar-refractivity contribution in [3.8, 4) is 100 Å². The molecule has 0 aliphatic rings. The first-order valence-corrected chi connectivity index (χ1v) is 40.1. The lowest BCUT2D eigenvalue weighted by Gasteiger charge is -2.18. The molecule has 24 aromatic rings. The van der Waals surface area contributed by atoms with Crippen molar-refractivity contribution in [3.05, 3.63) is 437 Å². The van der Waals surface area contributed by atoms with Crippen LogP contribution in [0.1, 0.15) is 0 Å². The van der Waals surface area contributed by atoms with Gasteiger partial charge in [0.2, 0.25) is 0 Å². The molecule has 0 spiro atoms. The summed E-state index contributed by atoms with van der Waals surface area (Å²) in [7, 11) is 0. The Kier molecular flexibility index (Phi) is 16.9. The molecule has 0 radical (unpaired) electrons. The van der Waals surface area contributed by atoms with Gasteiger partial charge in [-0.1, -0.05) is 388 Å². The van der Waals surface area contributed by atoms with Gasteiger partial charge in [0.25, 0.3) is 0 Å². The summed E-state index contributed by atoms with van der Waals surface area (Å²) in [5.74, 6) is 0. The Morgan fingerprint density at radius 3 is 0.718 bits per heavy atom. The molecular formula is C114H72O3. The van der Waals surface area contributed by atoms with E-state index in [1.54, 1.807) is 0 Å². The number of benzene rings is 21. The topological polar surface area (TPSA) is 39.4 Å². The summed E-state index contributed by atoms with van der Waals surface area (Å²) in [6.45, 7) is 0. The molecule has 24 rings (SSSR count). The lowest BCUT2D eigenvalue weighted by molar-refractivity contribution is 0.668. The van der Waals surface area contributed by atoms with Crippen LogP contribution in [-0.4, -0.2) is 0 Å². The van der Waals surface area contributed by atoms with Crippen molar-refractivity contribution in [2.24, 2.45) is 0 Å². The van der Waals surface area contributed by atoms with E-state index in [0.717, 1.165) is 71.4 Å². The van der Waals surface area contributed by atoms with Crippen molar-refractivity contribution in [3.63, 3.8) is 0 Å². The maximum atomic E-state index is 6.49. The van der Waals surface area contributed by atoms with Gasteiger partial charge >= 0.3 is 0 Å². The zero-order valence-electron chi connectivity index (χ0n) is 63.8. The molecule has 3 aromatic heterocycles. The third-order valence-electron chi connectivity index (χ3n) is 23.6. The van der Waals surface area contributed by atoms with Gasteiger partial charge in [0.05, 0.1) is 0 Å². The van der Waals surface area contributed by atoms with Crippen LogP contribution in [0.25, 0.3) is 231 Å². The van der Waals surface area contributed by atoms with Crippen LogP contribution in [0, 0.1) is 0 Å². The van der Waals surface area contributed by atoms with E-state index in [-0.39, 0.29) is 0 Å². The van der Waals surface area contributed by atoms with Gasteiger partial charge in [-0.2, -0.15) is 0 Å². The molecule has 0 saturated heterocycles. The maximum absolute atomic E-state index is 6.49. The normalized spacial score (nSPS) is 11.6. The molecule has 3 heteroatoms. The number of rotatable bonds is 9. The molecule has 0 amide bonds. The molecular weight excluding hydrogens is 1420 g/mol. The van der Waals surface area contributed by atoms with Gasteiger partial charge in [-0.25, -0.2) is 0 Å². The van der Waals surface area contributed by atoms with Gasteiger partial charge in [-0.05, 0) is 213 Å². The van der Waals surface area contributed by atoms with Crippen LogP contribution in [0.2, 0.25) is 0 Å². The Hall–Kier alpha value is -15.4. The van der Waals surface area contributed by atoms with Crippen molar-refractivity contribution in [1.82, 2.24) is 0 Å². The average Bonchev–Trinajstić information content (AvgIpc) is 1.72. The molecule has 21 aromatic carbocycles. The molecule has 0 aliphatic carbocycles. The van der Waals surface area contributed by atoms with E-state index in [0.29, 0.717) is 0 Å². The van der Waals surface area contributed by atoms with Crippen LogP contribution >= 0.6 is 0 Å². The van der Waals surface area contributed by atoms with Crippen molar-refractivity contribution in [2.45, 2.75) is 0 Å². The molecule has 0 aliphatic heterocycles. The van der Waals surface area contributed by atoms with Gasteiger partial charge in [-0.15, -0.1) is 0 Å². The van der Waals surface area contributed by atoms with Crippen molar-refractivity contribution in [2.75, 3.05) is 0 Å². The van der Waals surface area contributed by atoms with E-state index in [1.165, 1.54) is 159 Å². The minimum absolute atomic E-state index is 0.908. The van der Waals surface area contributed by atoms with E-state index in [4.69, 9.17) is 13.3 Å². The van der Waals surface area contributed by atoms with E-state index >= 15 is 0 Å². The maximum Gasteiger partial charge on any atom is 0.136 e. The summed E-state index contributed by atoms with van der Waals surface area (Å²) in [6.07, 6.45) is 0. The second-order valence-corrected chi connectivity index (χ2v) is 30.2. The van der Waals surface area contributed by atoms with Gasteiger partial charge in [-0.3, -0.25) is 0 Å². The number of hydrogen-bond acceptors (Lipinski definition) is 3. The standard InChI is InChI=1S/3C38H24O/c1-3-13-25(14-4-1)27-21-11-23-33-37(27)38-32(22-12-24-34(38)39-33)36-30-19-9-7-17-28(30)35(26-15-5-2-6-16-26)29-18-8-10-20-31(29)36;1-3-12-25(13-4-1)27-22-23-32-35(24-27)39-34-21-11-20-33(38(32)34)37-30-18-9-7-16-28(30)36(26-14-5-2-6-15-26)29-17-8-10-19-31(29)37;1-3-12-25(13-4-1)27-22-23-34-33(24-27)38-32(20-11-21-35(38)39-34)37-30-18-9-7-16-28(30)36(26-14-5-2-6-15-26)29-17-8-10-19-31(29)37/h3*1-24H. The van der Waals surface area contributed by atoms with Gasteiger partial charge in [0.15, 0.2) is 0 Å². The minimum atomic E-state index is 0.908.